The van der Waals surface area contributed by atoms with Gasteiger partial charge in [0.15, 0.2) is 0 Å². The van der Waals surface area contributed by atoms with Gasteiger partial charge in [-0.2, -0.15) is 5.26 Å². The summed E-state index contributed by atoms with van der Waals surface area (Å²) in [6.07, 6.45) is 6.50. The first kappa shape index (κ1) is 38.1. The van der Waals surface area contributed by atoms with Gasteiger partial charge in [-0.1, -0.05) is 0 Å². The normalized spacial score (nSPS) is 26.9. The third-order valence-corrected chi connectivity index (χ3v) is 13.3. The Morgan fingerprint density at radius 1 is 0.931 bits per heavy atom. The predicted octanol–water partition coefficient (Wildman–Crippen LogP) is 3.28. The monoisotopic (exact) mass is 853 g/mol. The molecule has 3 saturated heterocycles. The van der Waals surface area contributed by atoms with E-state index in [0.717, 1.165) is 75.2 Å². The maximum absolute atomic E-state index is 15.4. The third-order valence-electron chi connectivity index (χ3n) is 12.6. The summed E-state index contributed by atoms with van der Waals surface area (Å²) >= 11 is 3.40. The zero-order valence-electron chi connectivity index (χ0n) is 31.5. The first-order chi connectivity index (χ1) is 28.0. The molecule has 5 fully saturated rings. The molecule has 0 bridgehead atoms. The summed E-state index contributed by atoms with van der Waals surface area (Å²) in [7, 11) is 0. The fraction of sp³-hybridized carbons (Fsp3) is 0.463. The highest BCUT2D eigenvalue weighted by Gasteiger charge is 2.56. The fourth-order valence-electron chi connectivity index (χ4n) is 9.33. The molecule has 4 atom stereocenters. The number of nitrogens with zero attached hydrogens (tertiary/aromatic N) is 7. The Balaban J connectivity index is 0.711. The van der Waals surface area contributed by atoms with E-state index in [1.54, 1.807) is 18.3 Å². The van der Waals surface area contributed by atoms with Gasteiger partial charge >= 0.3 is 0 Å². The van der Waals surface area contributed by atoms with Crippen LogP contribution in [-0.4, -0.2) is 113 Å². The van der Waals surface area contributed by atoms with Crippen molar-refractivity contribution in [1.82, 2.24) is 30.4 Å². The van der Waals surface area contributed by atoms with Crippen molar-refractivity contribution >= 4 is 57.0 Å². The van der Waals surface area contributed by atoms with E-state index in [9.17, 15) is 24.0 Å². The molecule has 5 amide bonds. The molecule has 2 aliphatic carbocycles. The van der Waals surface area contributed by atoms with Crippen LogP contribution in [0, 0.1) is 34.9 Å². The minimum Gasteiger partial charge on any atom is -0.490 e. The first-order valence-corrected chi connectivity index (χ1v) is 20.6. The molecule has 6 aliphatic rings. The maximum Gasteiger partial charge on any atom is 0.271 e. The Bertz CT molecular complexity index is 2230. The molecule has 300 valence electrons. The molecule has 0 radical (unpaired) electrons. The van der Waals surface area contributed by atoms with Gasteiger partial charge in [0.2, 0.25) is 11.8 Å². The van der Waals surface area contributed by atoms with Crippen molar-refractivity contribution in [2.24, 2.45) is 17.8 Å². The molecule has 17 heteroatoms. The van der Waals surface area contributed by atoms with E-state index < -0.39 is 35.5 Å². The summed E-state index contributed by atoms with van der Waals surface area (Å²) in [5.74, 6) is -0.556. The Kier molecular flexibility index (Phi) is 10.1. The number of amides is 5. The van der Waals surface area contributed by atoms with Crippen LogP contribution in [0.5, 0.6) is 5.75 Å². The lowest BCUT2D eigenvalue weighted by atomic mass is 9.93. The summed E-state index contributed by atoms with van der Waals surface area (Å²) < 4.78 is 22.3. The van der Waals surface area contributed by atoms with Gasteiger partial charge in [0.1, 0.15) is 35.2 Å². The number of anilines is 2. The number of hydrogen-bond acceptors (Lipinski definition) is 12. The lowest BCUT2D eigenvalue weighted by Gasteiger charge is -2.36. The van der Waals surface area contributed by atoms with Crippen LogP contribution in [0.15, 0.2) is 47.2 Å². The SMILES string of the molecule is N#Cc1ccc(OC2CCC(NC(=O)c3cnc(N4CCN(CC5[C@H]6CN(c7cc8c(cc7F)C(=O)N(C7CCC(=O)NC7=O)C8=O)C[C@@H]56)CC4)cn3)CC2)cc1Br. The van der Waals surface area contributed by atoms with Gasteiger partial charge in [-0.3, -0.25) is 39.1 Å². The molecule has 0 spiro atoms. The van der Waals surface area contributed by atoms with Gasteiger partial charge in [0.25, 0.3) is 17.7 Å². The highest BCUT2D eigenvalue weighted by molar-refractivity contribution is 9.10. The molecule has 1 aromatic heterocycles. The fourth-order valence-corrected chi connectivity index (χ4v) is 9.78. The quantitative estimate of drug-likeness (QED) is 0.301. The molecule has 9 rings (SSSR count). The van der Waals surface area contributed by atoms with E-state index in [1.165, 1.54) is 12.3 Å². The number of fused-ring (bicyclic) bond motifs is 2. The molecule has 3 aromatic rings. The Morgan fingerprint density at radius 3 is 2.31 bits per heavy atom. The topological polar surface area (TPSA) is 181 Å². The van der Waals surface area contributed by atoms with Crippen LogP contribution >= 0.6 is 15.9 Å². The van der Waals surface area contributed by atoms with E-state index in [1.807, 2.05) is 11.0 Å². The number of rotatable bonds is 9. The number of aromatic nitrogens is 2. The summed E-state index contributed by atoms with van der Waals surface area (Å²) in [6, 6.07) is 8.96. The number of benzene rings is 2. The number of ether oxygens (including phenoxy) is 1. The van der Waals surface area contributed by atoms with Gasteiger partial charge in [-0.05, 0) is 96.1 Å². The Labute approximate surface area is 342 Å². The lowest BCUT2D eigenvalue weighted by Crippen LogP contribution is -2.54. The molecule has 15 nitrogen and oxygen atoms in total. The second kappa shape index (κ2) is 15.4. The van der Waals surface area contributed by atoms with Crippen LogP contribution < -0.4 is 25.2 Å². The van der Waals surface area contributed by atoms with Crippen LogP contribution in [0.25, 0.3) is 0 Å². The molecule has 2 saturated carbocycles. The zero-order valence-corrected chi connectivity index (χ0v) is 33.1. The number of halogens is 2. The third kappa shape index (κ3) is 7.28. The number of piperidine rings is 2. The standard InChI is InChI=1S/C41H41BrFN9O6/c42-31-13-25(4-1-22(31)16-44)58-24-5-2-23(3-6-24)47-38(54)33-17-46-36(18-45-33)50-11-9-49(10-12-50)19-28-29-20-51(21-30(28)29)35-15-27-26(14-32(35)43)40(56)52(41(27)57)34-7-8-37(53)48-39(34)55/h1,4,13-15,17-18,23-24,28-30,34H,2-3,5-12,19-21H2,(H,47,54)(H,48,53,55)/t23?,24?,28?,29-,30+,34?. The van der Waals surface area contributed by atoms with Crippen molar-refractivity contribution in [3.8, 4) is 11.8 Å². The zero-order chi connectivity index (χ0) is 40.2. The van der Waals surface area contributed by atoms with Gasteiger partial charge in [0, 0.05) is 62.7 Å². The van der Waals surface area contributed by atoms with Crippen molar-refractivity contribution in [2.75, 3.05) is 55.6 Å². The van der Waals surface area contributed by atoms with E-state index in [0.29, 0.717) is 46.6 Å². The number of carbonyl (C=O) groups is 5. The van der Waals surface area contributed by atoms with E-state index >= 15 is 4.39 Å². The van der Waals surface area contributed by atoms with E-state index in [-0.39, 0.29) is 53.4 Å². The van der Waals surface area contributed by atoms with Crippen molar-refractivity contribution in [3.05, 3.63) is 75.4 Å². The average Bonchev–Trinajstić information content (AvgIpc) is 3.52. The largest absolute Gasteiger partial charge is 0.490 e. The number of nitriles is 1. The molecule has 4 aliphatic heterocycles. The Morgan fingerprint density at radius 2 is 1.66 bits per heavy atom. The lowest BCUT2D eigenvalue weighted by molar-refractivity contribution is -0.136. The number of hydrogen-bond donors (Lipinski definition) is 2. The smallest absolute Gasteiger partial charge is 0.271 e. The first-order valence-electron chi connectivity index (χ1n) is 19.8. The molecule has 5 heterocycles. The van der Waals surface area contributed by atoms with Crippen molar-refractivity contribution < 1.29 is 33.1 Å². The van der Waals surface area contributed by atoms with Crippen molar-refractivity contribution in [2.45, 2.75) is 56.7 Å². The number of nitrogens with one attached hydrogen (secondary N) is 2. The molecule has 58 heavy (non-hydrogen) atoms. The summed E-state index contributed by atoms with van der Waals surface area (Å²) in [6.45, 7) is 5.55. The number of carbonyl (C=O) groups excluding carboxylic acids is 5. The predicted molar refractivity (Wildman–Crippen MR) is 209 cm³/mol. The van der Waals surface area contributed by atoms with Gasteiger partial charge in [-0.25, -0.2) is 14.4 Å². The van der Waals surface area contributed by atoms with Crippen LogP contribution in [0.3, 0.4) is 0 Å². The van der Waals surface area contributed by atoms with Crippen molar-refractivity contribution in [3.63, 3.8) is 0 Å². The van der Waals surface area contributed by atoms with Crippen LogP contribution in [0.4, 0.5) is 15.9 Å². The van der Waals surface area contributed by atoms with Crippen LogP contribution in [0.2, 0.25) is 0 Å². The summed E-state index contributed by atoms with van der Waals surface area (Å²) in [5.41, 5.74) is 1.16. The van der Waals surface area contributed by atoms with Gasteiger partial charge in [0.05, 0.1) is 40.9 Å². The molecular formula is C41H41BrFN9O6. The summed E-state index contributed by atoms with van der Waals surface area (Å²) in [4.78, 5) is 79.9. The second-order valence-electron chi connectivity index (χ2n) is 16.1. The number of piperazine rings is 1. The second-order valence-corrected chi connectivity index (χ2v) is 16.9. The molecule has 2 aromatic carbocycles. The minimum absolute atomic E-state index is 0.0181. The van der Waals surface area contributed by atoms with Crippen LogP contribution in [-0.2, 0) is 9.59 Å². The molecular weight excluding hydrogens is 813 g/mol. The van der Waals surface area contributed by atoms with Gasteiger partial charge < -0.3 is 19.9 Å². The van der Waals surface area contributed by atoms with Crippen LogP contribution in [0.1, 0.15) is 75.3 Å². The van der Waals surface area contributed by atoms with Crippen molar-refractivity contribution in [1.29, 1.82) is 5.26 Å². The highest BCUT2D eigenvalue weighted by atomic mass is 79.9. The summed E-state index contributed by atoms with van der Waals surface area (Å²) in [5, 5.41) is 14.4. The highest BCUT2D eigenvalue weighted by Crippen LogP contribution is 2.53. The minimum atomic E-state index is -1.10. The average molecular weight is 855 g/mol. The molecule has 2 unspecified atom stereocenters. The maximum atomic E-state index is 15.4. The van der Waals surface area contributed by atoms with Gasteiger partial charge in [-0.15, -0.1) is 0 Å². The van der Waals surface area contributed by atoms with E-state index in [2.05, 4.69) is 52.4 Å². The Hall–Kier alpha value is -5.47. The van der Waals surface area contributed by atoms with E-state index in [4.69, 9.17) is 10.00 Å². The molecule has 2 N–H and O–H groups in total. The number of imide groups is 2.